The average molecular weight is 367 g/mol. The summed E-state index contributed by atoms with van der Waals surface area (Å²) in [5, 5.41) is 10.8. The van der Waals surface area contributed by atoms with Crippen LogP contribution in [0, 0.1) is 10.1 Å². The van der Waals surface area contributed by atoms with E-state index in [2.05, 4.69) is 4.98 Å². The Kier molecular flexibility index (Phi) is 4.49. The minimum atomic E-state index is -4.47. The van der Waals surface area contributed by atoms with Gasteiger partial charge in [-0.2, -0.15) is 13.2 Å². The molecule has 136 valence electrons. The fraction of sp³-hybridized carbons (Fsp3) is 0.250. The number of non-ortho nitro benzene ring substituents is 1. The number of halogens is 3. The molecule has 10 heteroatoms. The first-order chi connectivity index (χ1) is 12.2. The zero-order valence-corrected chi connectivity index (χ0v) is 13.1. The number of nitrogens with zero attached hydrogens (tertiary/aromatic N) is 3. The van der Waals surface area contributed by atoms with Crippen LogP contribution in [0.3, 0.4) is 0 Å². The zero-order valence-electron chi connectivity index (χ0n) is 13.1. The molecule has 1 aromatic heterocycles. The fourth-order valence-corrected chi connectivity index (χ4v) is 2.40. The Labute approximate surface area is 145 Å². The molecule has 1 saturated heterocycles. The molecular weight excluding hydrogens is 355 g/mol. The highest BCUT2D eigenvalue weighted by Crippen LogP contribution is 2.29. The van der Waals surface area contributed by atoms with Gasteiger partial charge in [-0.1, -0.05) is 6.07 Å². The van der Waals surface area contributed by atoms with Crippen molar-refractivity contribution >= 4 is 11.6 Å². The van der Waals surface area contributed by atoms with E-state index in [0.29, 0.717) is 6.20 Å². The van der Waals surface area contributed by atoms with E-state index in [1.807, 2.05) is 0 Å². The Morgan fingerprint density at radius 1 is 1.27 bits per heavy atom. The topological polar surface area (TPSA) is 85.6 Å². The van der Waals surface area contributed by atoms with Gasteiger partial charge in [-0.15, -0.1) is 0 Å². The standard InChI is InChI=1S/C16H12F3N3O4/c17-16(18,19)11-4-5-14(20-7-11)26-13-8-21(9-13)15(23)10-2-1-3-12(6-10)22(24)25/h1-7,13H,8-9H2. The lowest BCUT2D eigenvalue weighted by molar-refractivity contribution is -0.384. The van der Waals surface area contributed by atoms with Crippen LogP contribution in [0.5, 0.6) is 5.88 Å². The number of ether oxygens (including phenoxy) is 1. The number of carbonyl (C=O) groups is 1. The predicted octanol–water partition coefficient (Wildman–Crippen LogP) is 2.91. The van der Waals surface area contributed by atoms with Crippen LogP contribution in [0.2, 0.25) is 0 Å². The zero-order chi connectivity index (χ0) is 18.9. The van der Waals surface area contributed by atoms with Gasteiger partial charge < -0.3 is 9.64 Å². The van der Waals surface area contributed by atoms with Crippen molar-refractivity contribution in [3.05, 3.63) is 63.8 Å². The molecule has 0 unspecified atom stereocenters. The van der Waals surface area contributed by atoms with Gasteiger partial charge in [0.1, 0.15) is 6.10 Å². The Balaban J connectivity index is 1.56. The molecular formula is C16H12F3N3O4. The Hall–Kier alpha value is -3.17. The smallest absolute Gasteiger partial charge is 0.417 e. The van der Waals surface area contributed by atoms with E-state index in [0.717, 1.165) is 12.1 Å². The minimum Gasteiger partial charge on any atom is -0.471 e. The number of rotatable bonds is 4. The van der Waals surface area contributed by atoms with Crippen molar-refractivity contribution in [2.24, 2.45) is 0 Å². The molecule has 0 saturated carbocycles. The lowest BCUT2D eigenvalue weighted by Crippen LogP contribution is -2.56. The summed E-state index contributed by atoms with van der Waals surface area (Å²) in [6.07, 6.45) is -4.19. The Morgan fingerprint density at radius 2 is 2.00 bits per heavy atom. The van der Waals surface area contributed by atoms with Gasteiger partial charge in [-0.05, 0) is 12.1 Å². The normalized spacial score (nSPS) is 14.7. The number of amides is 1. The molecule has 1 amide bonds. The summed E-state index contributed by atoms with van der Waals surface area (Å²) < 4.78 is 42.8. The monoisotopic (exact) mass is 367 g/mol. The largest absolute Gasteiger partial charge is 0.471 e. The minimum absolute atomic E-state index is 0.0328. The van der Waals surface area contributed by atoms with E-state index in [1.165, 1.54) is 29.2 Å². The number of likely N-dealkylation sites (tertiary alicyclic amines) is 1. The lowest BCUT2D eigenvalue weighted by atomic mass is 10.1. The van der Waals surface area contributed by atoms with Crippen molar-refractivity contribution in [1.29, 1.82) is 0 Å². The van der Waals surface area contributed by atoms with Gasteiger partial charge in [0.2, 0.25) is 5.88 Å². The van der Waals surface area contributed by atoms with Gasteiger partial charge in [0.05, 0.1) is 23.6 Å². The highest BCUT2D eigenvalue weighted by atomic mass is 19.4. The molecule has 0 spiro atoms. The van der Waals surface area contributed by atoms with Gasteiger partial charge in [-0.25, -0.2) is 4.98 Å². The van der Waals surface area contributed by atoms with Crippen LogP contribution in [-0.2, 0) is 6.18 Å². The summed E-state index contributed by atoms with van der Waals surface area (Å²) >= 11 is 0. The van der Waals surface area contributed by atoms with E-state index >= 15 is 0 Å². The summed E-state index contributed by atoms with van der Waals surface area (Å²) in [5.74, 6) is -0.348. The van der Waals surface area contributed by atoms with Crippen molar-refractivity contribution in [2.45, 2.75) is 12.3 Å². The first kappa shape index (κ1) is 17.6. The highest BCUT2D eigenvalue weighted by Gasteiger charge is 2.34. The molecule has 2 aromatic rings. The summed E-state index contributed by atoms with van der Waals surface area (Å²) in [4.78, 5) is 27.5. The number of aromatic nitrogens is 1. The van der Waals surface area contributed by atoms with Gasteiger partial charge >= 0.3 is 6.18 Å². The van der Waals surface area contributed by atoms with Crippen molar-refractivity contribution < 1.29 is 27.6 Å². The molecule has 3 rings (SSSR count). The fourth-order valence-electron chi connectivity index (χ4n) is 2.40. The SMILES string of the molecule is O=C(c1cccc([N+](=O)[O-])c1)N1CC(Oc2ccc(C(F)(F)F)cn2)C1. The molecule has 0 N–H and O–H groups in total. The van der Waals surface area contributed by atoms with E-state index < -0.39 is 22.8 Å². The molecule has 0 radical (unpaired) electrons. The lowest BCUT2D eigenvalue weighted by Gasteiger charge is -2.38. The highest BCUT2D eigenvalue weighted by molar-refractivity contribution is 5.95. The number of alkyl halides is 3. The number of nitro groups is 1. The van der Waals surface area contributed by atoms with E-state index in [1.54, 1.807) is 0 Å². The number of nitro benzene ring substituents is 1. The van der Waals surface area contributed by atoms with Crippen LogP contribution >= 0.6 is 0 Å². The number of carbonyl (C=O) groups excluding carboxylic acids is 1. The molecule has 0 aliphatic carbocycles. The average Bonchev–Trinajstić information content (AvgIpc) is 2.57. The van der Waals surface area contributed by atoms with Gasteiger partial charge in [-0.3, -0.25) is 14.9 Å². The van der Waals surface area contributed by atoms with Gasteiger partial charge in [0, 0.05) is 30.0 Å². The van der Waals surface area contributed by atoms with Crippen LogP contribution in [0.4, 0.5) is 18.9 Å². The second-order valence-corrected chi connectivity index (χ2v) is 5.64. The van der Waals surface area contributed by atoms with Crippen LogP contribution in [-0.4, -0.2) is 39.9 Å². The first-order valence-electron chi connectivity index (χ1n) is 7.47. The molecule has 7 nitrogen and oxygen atoms in total. The molecule has 1 aliphatic heterocycles. The van der Waals surface area contributed by atoms with Crippen LogP contribution in [0.25, 0.3) is 0 Å². The third-order valence-corrected chi connectivity index (χ3v) is 3.79. The molecule has 1 aromatic carbocycles. The van der Waals surface area contributed by atoms with Crippen LogP contribution in [0.15, 0.2) is 42.6 Å². The number of benzene rings is 1. The van der Waals surface area contributed by atoms with Gasteiger partial charge in [0.15, 0.2) is 0 Å². The molecule has 26 heavy (non-hydrogen) atoms. The number of pyridine rings is 1. The maximum Gasteiger partial charge on any atom is 0.417 e. The third kappa shape index (κ3) is 3.73. The van der Waals surface area contributed by atoms with E-state index in [9.17, 15) is 28.1 Å². The number of hydrogen-bond acceptors (Lipinski definition) is 5. The Morgan fingerprint density at radius 3 is 2.58 bits per heavy atom. The molecule has 1 aliphatic rings. The Bertz CT molecular complexity index is 833. The third-order valence-electron chi connectivity index (χ3n) is 3.79. The quantitative estimate of drug-likeness (QED) is 0.613. The maximum atomic E-state index is 12.5. The summed E-state index contributed by atoms with van der Waals surface area (Å²) in [6, 6.07) is 7.36. The molecule has 2 heterocycles. The molecule has 0 atom stereocenters. The van der Waals surface area contributed by atoms with E-state index in [4.69, 9.17) is 4.74 Å². The van der Waals surface area contributed by atoms with Crippen LogP contribution < -0.4 is 4.74 Å². The summed E-state index contributed by atoms with van der Waals surface area (Å²) in [6.45, 7) is 0.425. The summed E-state index contributed by atoms with van der Waals surface area (Å²) in [7, 11) is 0. The maximum absolute atomic E-state index is 12.5. The van der Waals surface area contributed by atoms with Crippen LogP contribution in [0.1, 0.15) is 15.9 Å². The summed E-state index contributed by atoms with van der Waals surface area (Å²) in [5.41, 5.74) is -0.871. The van der Waals surface area contributed by atoms with Crippen molar-refractivity contribution in [1.82, 2.24) is 9.88 Å². The number of hydrogen-bond donors (Lipinski definition) is 0. The molecule has 0 bridgehead atoms. The van der Waals surface area contributed by atoms with Crippen molar-refractivity contribution in [3.63, 3.8) is 0 Å². The predicted molar refractivity (Wildman–Crippen MR) is 82.7 cm³/mol. The van der Waals surface area contributed by atoms with Crippen molar-refractivity contribution in [2.75, 3.05) is 13.1 Å². The van der Waals surface area contributed by atoms with Crippen molar-refractivity contribution in [3.8, 4) is 5.88 Å². The first-order valence-corrected chi connectivity index (χ1v) is 7.47. The van der Waals surface area contributed by atoms with E-state index in [-0.39, 0.29) is 36.1 Å². The van der Waals surface area contributed by atoms with Gasteiger partial charge in [0.25, 0.3) is 11.6 Å². The second-order valence-electron chi connectivity index (χ2n) is 5.64. The molecule has 1 fully saturated rings. The second kappa shape index (κ2) is 6.62.